The van der Waals surface area contributed by atoms with Crippen LogP contribution in [-0.2, 0) is 15.7 Å². The molecular weight excluding hydrogens is 388 g/mol. The van der Waals surface area contributed by atoms with Crippen molar-refractivity contribution in [1.29, 1.82) is 0 Å². The maximum atomic E-state index is 11.6. The predicted octanol–water partition coefficient (Wildman–Crippen LogP) is 3.99. The highest BCUT2D eigenvalue weighted by Crippen LogP contribution is 2.37. The lowest BCUT2D eigenvalue weighted by Crippen LogP contribution is -2.28. The Bertz CT molecular complexity index is 1020. The molecule has 1 unspecified atom stereocenters. The lowest BCUT2D eigenvalue weighted by Gasteiger charge is -2.30. The third-order valence-electron chi connectivity index (χ3n) is 5.19. The normalized spacial score (nSPS) is 13.2. The quantitative estimate of drug-likeness (QED) is 0.510. The SMILES string of the molecule is Cc1ccc(S(=O)(=O)O)cc1C(O)CCC(O)(c1ccccc1)c1ccccc1. The first-order valence-electron chi connectivity index (χ1n) is 9.31. The summed E-state index contributed by atoms with van der Waals surface area (Å²) in [5.74, 6) is 0. The first kappa shape index (κ1) is 21.2. The number of aliphatic hydroxyl groups is 2. The second kappa shape index (κ2) is 8.47. The maximum absolute atomic E-state index is 11.6. The number of benzene rings is 3. The summed E-state index contributed by atoms with van der Waals surface area (Å²) in [6.45, 7) is 1.76. The van der Waals surface area contributed by atoms with Crippen LogP contribution in [-0.4, -0.2) is 23.2 Å². The van der Waals surface area contributed by atoms with Crippen molar-refractivity contribution in [2.45, 2.75) is 36.4 Å². The zero-order valence-electron chi connectivity index (χ0n) is 16.1. The molecule has 0 aliphatic rings. The Hall–Kier alpha value is -2.51. The van der Waals surface area contributed by atoms with Gasteiger partial charge < -0.3 is 10.2 Å². The summed E-state index contributed by atoms with van der Waals surface area (Å²) in [6, 6.07) is 22.6. The van der Waals surface area contributed by atoms with Gasteiger partial charge in [-0.1, -0.05) is 66.7 Å². The van der Waals surface area contributed by atoms with Crippen molar-refractivity contribution in [3.05, 3.63) is 101 Å². The van der Waals surface area contributed by atoms with Gasteiger partial charge in [-0.15, -0.1) is 0 Å². The van der Waals surface area contributed by atoms with Gasteiger partial charge in [0.05, 0.1) is 11.0 Å². The summed E-state index contributed by atoms with van der Waals surface area (Å²) in [7, 11) is -4.37. The molecule has 0 aliphatic heterocycles. The molecule has 0 bridgehead atoms. The lowest BCUT2D eigenvalue weighted by molar-refractivity contribution is 0.0479. The van der Waals surface area contributed by atoms with E-state index in [2.05, 4.69) is 0 Å². The first-order valence-corrected chi connectivity index (χ1v) is 10.8. The van der Waals surface area contributed by atoms with E-state index in [9.17, 15) is 23.2 Å². The van der Waals surface area contributed by atoms with Crippen molar-refractivity contribution < 1.29 is 23.2 Å². The van der Waals surface area contributed by atoms with Gasteiger partial charge >= 0.3 is 0 Å². The predicted molar refractivity (Wildman–Crippen MR) is 111 cm³/mol. The number of rotatable bonds is 7. The Morgan fingerprint density at radius 3 is 1.90 bits per heavy atom. The highest BCUT2D eigenvalue weighted by Gasteiger charge is 2.32. The van der Waals surface area contributed by atoms with Crippen LogP contribution in [0.3, 0.4) is 0 Å². The van der Waals surface area contributed by atoms with Crippen LogP contribution >= 0.6 is 0 Å². The topological polar surface area (TPSA) is 94.8 Å². The first-order chi connectivity index (χ1) is 13.7. The van der Waals surface area contributed by atoms with Gasteiger partial charge in [-0.2, -0.15) is 8.42 Å². The van der Waals surface area contributed by atoms with E-state index in [-0.39, 0.29) is 17.7 Å². The van der Waals surface area contributed by atoms with E-state index in [0.717, 1.165) is 0 Å². The van der Waals surface area contributed by atoms with E-state index in [1.807, 2.05) is 60.7 Å². The zero-order chi connectivity index (χ0) is 21.1. The van der Waals surface area contributed by atoms with Gasteiger partial charge in [0.2, 0.25) is 0 Å². The van der Waals surface area contributed by atoms with E-state index < -0.39 is 21.8 Å². The molecule has 29 heavy (non-hydrogen) atoms. The minimum absolute atomic E-state index is 0.191. The summed E-state index contributed by atoms with van der Waals surface area (Å²) in [6.07, 6.45) is -0.594. The molecule has 0 fully saturated rings. The molecule has 152 valence electrons. The molecule has 0 saturated heterocycles. The van der Waals surface area contributed by atoms with Crippen LogP contribution in [0.4, 0.5) is 0 Å². The second-order valence-electron chi connectivity index (χ2n) is 7.14. The molecule has 3 aromatic carbocycles. The van der Waals surface area contributed by atoms with Crippen molar-refractivity contribution in [2.75, 3.05) is 0 Å². The smallest absolute Gasteiger partial charge is 0.294 e. The van der Waals surface area contributed by atoms with Crippen molar-refractivity contribution in [3.8, 4) is 0 Å². The van der Waals surface area contributed by atoms with Crippen molar-refractivity contribution in [3.63, 3.8) is 0 Å². The molecule has 3 aromatic rings. The lowest BCUT2D eigenvalue weighted by atomic mass is 9.81. The number of aryl methyl sites for hydroxylation is 1. The summed E-state index contributed by atoms with van der Waals surface area (Å²) in [5.41, 5.74) is 1.22. The summed E-state index contributed by atoms with van der Waals surface area (Å²) >= 11 is 0. The van der Waals surface area contributed by atoms with Crippen LogP contribution in [0.5, 0.6) is 0 Å². The van der Waals surface area contributed by atoms with E-state index in [4.69, 9.17) is 0 Å². The van der Waals surface area contributed by atoms with Gasteiger partial charge in [0.1, 0.15) is 5.60 Å². The molecule has 0 aromatic heterocycles. The molecule has 3 rings (SSSR count). The highest BCUT2D eigenvalue weighted by molar-refractivity contribution is 7.85. The Morgan fingerprint density at radius 2 is 1.41 bits per heavy atom. The van der Waals surface area contributed by atoms with Crippen LogP contribution < -0.4 is 0 Å². The van der Waals surface area contributed by atoms with Gasteiger partial charge in [-0.05, 0) is 54.2 Å². The molecule has 0 saturated carbocycles. The number of hydrogen-bond acceptors (Lipinski definition) is 4. The Morgan fingerprint density at radius 1 is 0.897 bits per heavy atom. The van der Waals surface area contributed by atoms with Gasteiger partial charge in [0.25, 0.3) is 10.1 Å². The summed E-state index contributed by atoms with van der Waals surface area (Å²) in [5, 5.41) is 22.3. The Kier molecular flexibility index (Phi) is 6.19. The highest BCUT2D eigenvalue weighted by atomic mass is 32.2. The maximum Gasteiger partial charge on any atom is 0.294 e. The third-order valence-corrected chi connectivity index (χ3v) is 6.04. The van der Waals surface area contributed by atoms with Crippen molar-refractivity contribution in [1.82, 2.24) is 0 Å². The third kappa shape index (κ3) is 4.74. The standard InChI is InChI=1S/C23H24O5S/c1-17-12-13-20(29(26,27)28)16-21(17)22(24)14-15-23(25,18-8-4-2-5-9-18)19-10-6-3-7-11-19/h2-13,16,22,24-25H,14-15H2,1H3,(H,26,27,28). The van der Waals surface area contributed by atoms with E-state index in [1.54, 1.807) is 13.0 Å². The van der Waals surface area contributed by atoms with E-state index >= 15 is 0 Å². The van der Waals surface area contributed by atoms with Crippen LogP contribution in [0.25, 0.3) is 0 Å². The second-order valence-corrected chi connectivity index (χ2v) is 8.56. The van der Waals surface area contributed by atoms with Gasteiger partial charge in [0, 0.05) is 0 Å². The van der Waals surface area contributed by atoms with Gasteiger partial charge in [-0.3, -0.25) is 4.55 Å². The summed E-state index contributed by atoms with van der Waals surface area (Å²) in [4.78, 5) is -0.265. The van der Waals surface area contributed by atoms with Crippen LogP contribution in [0.15, 0.2) is 83.8 Å². The fourth-order valence-corrected chi connectivity index (χ4v) is 4.04. The molecule has 0 amide bonds. The number of aliphatic hydroxyl groups excluding tert-OH is 1. The molecule has 6 heteroatoms. The summed E-state index contributed by atoms with van der Waals surface area (Å²) < 4.78 is 32.2. The average molecular weight is 413 g/mol. The van der Waals surface area contributed by atoms with E-state index in [0.29, 0.717) is 22.3 Å². The molecule has 0 spiro atoms. The fraction of sp³-hybridized carbons (Fsp3) is 0.217. The van der Waals surface area contributed by atoms with Crippen LogP contribution in [0.1, 0.15) is 41.2 Å². The Labute approximate surface area is 171 Å². The average Bonchev–Trinajstić information content (AvgIpc) is 2.72. The fourth-order valence-electron chi connectivity index (χ4n) is 3.52. The van der Waals surface area contributed by atoms with Crippen molar-refractivity contribution >= 4 is 10.1 Å². The van der Waals surface area contributed by atoms with Crippen LogP contribution in [0, 0.1) is 6.92 Å². The van der Waals surface area contributed by atoms with Crippen molar-refractivity contribution in [2.24, 2.45) is 0 Å². The zero-order valence-corrected chi connectivity index (χ0v) is 16.9. The molecule has 0 heterocycles. The monoisotopic (exact) mass is 412 g/mol. The minimum atomic E-state index is -4.37. The van der Waals surface area contributed by atoms with E-state index in [1.165, 1.54) is 12.1 Å². The van der Waals surface area contributed by atoms with Gasteiger partial charge in [-0.25, -0.2) is 0 Å². The molecule has 0 aliphatic carbocycles. The molecule has 3 N–H and O–H groups in total. The van der Waals surface area contributed by atoms with Gasteiger partial charge in [0.15, 0.2) is 0 Å². The van der Waals surface area contributed by atoms with Crippen LogP contribution in [0.2, 0.25) is 0 Å². The molecule has 0 radical (unpaired) electrons. The molecule has 5 nitrogen and oxygen atoms in total. The molecule has 1 atom stereocenters. The molecular formula is C23H24O5S. The number of hydrogen-bond donors (Lipinski definition) is 3. The largest absolute Gasteiger partial charge is 0.388 e. The minimum Gasteiger partial charge on any atom is -0.388 e. The Balaban J connectivity index is 1.91.